The van der Waals surface area contributed by atoms with Crippen LogP contribution in [0.1, 0.15) is 74.0 Å². The Bertz CT molecular complexity index is 1870. The summed E-state index contributed by atoms with van der Waals surface area (Å²) in [6, 6.07) is 9.13. The molecule has 0 radical (unpaired) electrons. The van der Waals surface area contributed by atoms with Gasteiger partial charge >= 0.3 is 11.8 Å². The van der Waals surface area contributed by atoms with E-state index >= 15 is 0 Å². The number of carbonyl (C=O) groups excluding carboxylic acids is 1. The third-order valence-electron chi connectivity index (χ3n) is 8.34. The van der Waals surface area contributed by atoms with E-state index in [4.69, 9.17) is 15.1 Å². The molecule has 0 aliphatic carbocycles. The number of piperidine rings is 1. The number of imidazole rings is 1. The molecule has 2 aromatic carbocycles. The molecule has 2 aliphatic rings. The summed E-state index contributed by atoms with van der Waals surface area (Å²) in [4.78, 5) is 29.4. The smallest absolute Gasteiger partial charge is 0.411 e. The molecule has 4 aromatic rings. The van der Waals surface area contributed by atoms with Crippen LogP contribution in [0.3, 0.4) is 0 Å². The van der Waals surface area contributed by atoms with Gasteiger partial charge in [-0.1, -0.05) is 6.07 Å². The topological polar surface area (TPSA) is 98.1 Å². The van der Waals surface area contributed by atoms with Gasteiger partial charge in [-0.05, 0) is 89.3 Å². The lowest BCUT2D eigenvalue weighted by molar-refractivity contribution is -0.00974. The van der Waals surface area contributed by atoms with E-state index in [1.165, 1.54) is 21.3 Å². The van der Waals surface area contributed by atoms with Crippen molar-refractivity contribution in [1.29, 1.82) is 5.26 Å². The quantitative estimate of drug-likeness (QED) is 0.279. The fourth-order valence-corrected chi connectivity index (χ4v) is 6.44. The molecule has 2 bridgehead atoms. The Hall–Kier alpha value is -4.72. The Morgan fingerprint density at radius 2 is 1.77 bits per heavy atom. The van der Waals surface area contributed by atoms with Crippen molar-refractivity contribution in [2.45, 2.75) is 84.4 Å². The molecule has 1 saturated heterocycles. The second-order valence-electron chi connectivity index (χ2n) is 12.6. The largest absolute Gasteiger partial charge is 0.444 e. The van der Waals surface area contributed by atoms with E-state index in [0.29, 0.717) is 41.2 Å². The lowest BCUT2D eigenvalue weighted by Gasteiger charge is -2.45. The van der Waals surface area contributed by atoms with Crippen molar-refractivity contribution in [3.05, 3.63) is 92.8 Å². The normalized spacial score (nSPS) is 17.7. The number of aromatic nitrogens is 4. The first-order valence-corrected chi connectivity index (χ1v) is 14.7. The van der Waals surface area contributed by atoms with Crippen molar-refractivity contribution < 1.29 is 18.3 Å². The molecular weight excluding hydrogens is 566 g/mol. The zero-order valence-corrected chi connectivity index (χ0v) is 25.4. The monoisotopic (exact) mass is 600 g/mol. The molecule has 4 heterocycles. The lowest BCUT2D eigenvalue weighted by Crippen LogP contribution is -2.51. The summed E-state index contributed by atoms with van der Waals surface area (Å²) < 4.78 is 39.7. The Kier molecular flexibility index (Phi) is 7.19. The van der Waals surface area contributed by atoms with E-state index in [9.17, 15) is 18.4 Å². The highest BCUT2D eigenvalue weighted by molar-refractivity contribution is 5.71. The molecule has 1 fully saturated rings. The molecule has 0 spiro atoms. The van der Waals surface area contributed by atoms with Gasteiger partial charge in [0.25, 0.3) is 0 Å². The van der Waals surface area contributed by atoms with Crippen LogP contribution in [0.15, 0.2) is 47.5 Å². The number of halogens is 2. The molecule has 44 heavy (non-hydrogen) atoms. The molecule has 6 rings (SSSR count). The summed E-state index contributed by atoms with van der Waals surface area (Å²) >= 11 is 0. The average Bonchev–Trinajstić information content (AvgIpc) is 3.51. The van der Waals surface area contributed by atoms with Crippen LogP contribution in [0.25, 0.3) is 17.2 Å². The number of fused-ring (bicyclic) bond motifs is 4. The molecule has 0 N–H and O–H groups in total. The maximum atomic E-state index is 14.8. The molecular formula is C33H34F2N6O3. The van der Waals surface area contributed by atoms with Crippen LogP contribution in [-0.2, 0) is 17.6 Å². The molecule has 228 valence electrons. The van der Waals surface area contributed by atoms with Crippen LogP contribution in [0, 0.1) is 36.8 Å². The fourth-order valence-electron chi connectivity index (χ4n) is 6.44. The molecule has 9 nitrogen and oxygen atoms in total. The van der Waals surface area contributed by atoms with Crippen molar-refractivity contribution in [2.24, 2.45) is 0 Å². The summed E-state index contributed by atoms with van der Waals surface area (Å²) in [6.45, 7) is 8.85. The van der Waals surface area contributed by atoms with Gasteiger partial charge in [-0.25, -0.2) is 23.1 Å². The van der Waals surface area contributed by atoms with Crippen LogP contribution in [0.4, 0.5) is 13.6 Å². The summed E-state index contributed by atoms with van der Waals surface area (Å²) in [6.07, 6.45) is 5.46. The molecule has 2 atom stereocenters. The van der Waals surface area contributed by atoms with Crippen LogP contribution >= 0.6 is 0 Å². The summed E-state index contributed by atoms with van der Waals surface area (Å²) in [5, 5.41) is 14.0. The van der Waals surface area contributed by atoms with E-state index < -0.39 is 29.2 Å². The van der Waals surface area contributed by atoms with E-state index in [-0.39, 0.29) is 23.8 Å². The van der Waals surface area contributed by atoms with Crippen LogP contribution in [-0.4, -0.2) is 41.6 Å². The number of nitriles is 1. The highest BCUT2D eigenvalue weighted by atomic mass is 19.1. The first-order valence-electron chi connectivity index (χ1n) is 14.7. The van der Waals surface area contributed by atoms with Gasteiger partial charge in [-0.15, -0.1) is 0 Å². The maximum Gasteiger partial charge on any atom is 0.411 e. The lowest BCUT2D eigenvalue weighted by atomic mass is 9.83. The van der Waals surface area contributed by atoms with E-state index in [1.807, 2.05) is 26.8 Å². The summed E-state index contributed by atoms with van der Waals surface area (Å²) in [5.41, 5.74) is 2.34. The summed E-state index contributed by atoms with van der Waals surface area (Å²) in [7, 11) is 0. The van der Waals surface area contributed by atoms with Crippen LogP contribution in [0.5, 0.6) is 0 Å². The molecule has 1 amide bonds. The molecule has 0 unspecified atom stereocenters. The van der Waals surface area contributed by atoms with Crippen molar-refractivity contribution in [1.82, 2.24) is 23.8 Å². The van der Waals surface area contributed by atoms with Gasteiger partial charge in [0.05, 0.1) is 35.6 Å². The number of nitrogens with zero attached hydrogens (tertiary/aromatic N) is 6. The van der Waals surface area contributed by atoms with Gasteiger partial charge in [-0.3, -0.25) is 14.0 Å². The first-order chi connectivity index (χ1) is 20.9. The minimum atomic E-state index is -0.686. The van der Waals surface area contributed by atoms with E-state index in [0.717, 1.165) is 24.1 Å². The van der Waals surface area contributed by atoms with Gasteiger partial charge < -0.3 is 4.74 Å². The number of aryl methyl sites for hydroxylation is 2. The average molecular weight is 601 g/mol. The second-order valence-corrected chi connectivity index (χ2v) is 12.6. The highest BCUT2D eigenvalue weighted by Crippen LogP contribution is 2.45. The SMILES string of the molecule is Cc1cc(-n2nc3c(c2-n2ccn(-c4ccc(CC#N)c(F)c4)c2=O)[C@@H]2CCC[C@H](C3)N2C(=O)OC(C)(C)C)cc(C)c1F. The Morgan fingerprint density at radius 3 is 2.43 bits per heavy atom. The molecule has 0 saturated carbocycles. The number of hydrogen-bond acceptors (Lipinski definition) is 5. The maximum absolute atomic E-state index is 14.8. The number of carbonyl (C=O) groups is 1. The predicted molar refractivity (Wildman–Crippen MR) is 159 cm³/mol. The molecule has 2 aliphatic heterocycles. The summed E-state index contributed by atoms with van der Waals surface area (Å²) in [5.74, 6) is -0.455. The zero-order chi connectivity index (χ0) is 31.5. The molecule has 11 heteroatoms. The third kappa shape index (κ3) is 4.98. The standard InChI is InChI=1S/C33H34F2N6O3/c1-19-15-24(16-20(2)29(19)35)41-30(39-14-13-38(31(39)42)22-10-9-21(11-12-36)25(34)17-22)28-26(37-41)18-23-7-6-8-27(28)40(23)32(43)44-33(3,4)5/h9-10,13-17,23,27H,6-8,11,18H2,1-5H3/t23-,27+/m1/s1. The number of ether oxygens (including phenoxy) is 1. The first kappa shape index (κ1) is 29.4. The van der Waals surface area contributed by atoms with Crippen molar-refractivity contribution in [2.75, 3.05) is 0 Å². The second kappa shape index (κ2) is 10.8. The Balaban J connectivity index is 1.56. The number of hydrogen-bond donors (Lipinski definition) is 0. The minimum Gasteiger partial charge on any atom is -0.444 e. The number of amides is 1. The zero-order valence-electron chi connectivity index (χ0n) is 25.4. The van der Waals surface area contributed by atoms with E-state index in [1.54, 1.807) is 54.0 Å². The predicted octanol–water partition coefficient (Wildman–Crippen LogP) is 6.16. The van der Waals surface area contributed by atoms with Crippen LogP contribution < -0.4 is 5.69 Å². The van der Waals surface area contributed by atoms with Gasteiger partial charge in [0.1, 0.15) is 23.1 Å². The fraction of sp³-hybridized carbons (Fsp3) is 0.394. The van der Waals surface area contributed by atoms with Crippen molar-refractivity contribution >= 4 is 6.09 Å². The highest BCUT2D eigenvalue weighted by Gasteiger charge is 2.45. The Labute approximate surface area is 253 Å². The molecule has 2 aromatic heterocycles. The number of benzene rings is 2. The van der Waals surface area contributed by atoms with Crippen LogP contribution in [0.2, 0.25) is 0 Å². The van der Waals surface area contributed by atoms with Crippen molar-refractivity contribution in [3.63, 3.8) is 0 Å². The van der Waals surface area contributed by atoms with E-state index in [2.05, 4.69) is 0 Å². The van der Waals surface area contributed by atoms with Crippen molar-refractivity contribution in [3.8, 4) is 23.3 Å². The van der Waals surface area contributed by atoms with Gasteiger partial charge in [0.15, 0.2) is 0 Å². The third-order valence-corrected chi connectivity index (χ3v) is 8.34. The minimum absolute atomic E-state index is 0.0830. The number of rotatable bonds is 4. The van der Waals surface area contributed by atoms with Gasteiger partial charge in [0, 0.05) is 36.0 Å². The Morgan fingerprint density at radius 1 is 1.07 bits per heavy atom. The van der Waals surface area contributed by atoms with Gasteiger partial charge in [-0.2, -0.15) is 10.4 Å². The van der Waals surface area contributed by atoms with Gasteiger partial charge in [0.2, 0.25) is 0 Å².